The van der Waals surface area contributed by atoms with E-state index < -0.39 is 0 Å². The van der Waals surface area contributed by atoms with Crippen LogP contribution in [0, 0.1) is 25.7 Å². The topological polar surface area (TPSA) is 41.1 Å². The Balaban J connectivity index is 1.80. The number of nitrogens with zero attached hydrogens (tertiary/aromatic N) is 3. The van der Waals surface area contributed by atoms with Crippen LogP contribution in [0.5, 0.6) is 0 Å². The van der Waals surface area contributed by atoms with Gasteiger partial charge in [-0.05, 0) is 51.3 Å². The summed E-state index contributed by atoms with van der Waals surface area (Å²) in [4.78, 5) is 11.5. The van der Waals surface area contributed by atoms with E-state index in [1.54, 1.807) is 0 Å². The van der Waals surface area contributed by atoms with E-state index in [0.29, 0.717) is 0 Å². The second kappa shape index (κ2) is 4.26. The number of aryl methyl sites for hydroxylation is 2. The van der Waals surface area contributed by atoms with Gasteiger partial charge in [0.15, 0.2) is 0 Å². The molecule has 3 heterocycles. The van der Waals surface area contributed by atoms with Crippen molar-refractivity contribution >= 4 is 5.95 Å². The minimum absolute atomic E-state index is 0.785. The lowest BCUT2D eigenvalue weighted by atomic mass is 9.89. The van der Waals surface area contributed by atoms with Crippen LogP contribution in [-0.2, 0) is 0 Å². The van der Waals surface area contributed by atoms with Crippen LogP contribution in [0.25, 0.3) is 0 Å². The van der Waals surface area contributed by atoms with Crippen LogP contribution in [0.1, 0.15) is 17.8 Å². The van der Waals surface area contributed by atoms with Gasteiger partial charge in [-0.25, -0.2) is 9.97 Å². The summed E-state index contributed by atoms with van der Waals surface area (Å²) in [5.41, 5.74) is 2.14. The predicted molar refractivity (Wildman–Crippen MR) is 68.2 cm³/mol. The molecular formula is C13H20N4. The average molecular weight is 232 g/mol. The molecule has 0 aliphatic carbocycles. The van der Waals surface area contributed by atoms with Crippen molar-refractivity contribution in [3.05, 3.63) is 17.5 Å². The first-order valence-corrected chi connectivity index (χ1v) is 6.50. The second-order valence-corrected chi connectivity index (χ2v) is 5.36. The van der Waals surface area contributed by atoms with Crippen molar-refractivity contribution in [2.75, 3.05) is 31.1 Å². The summed E-state index contributed by atoms with van der Waals surface area (Å²) in [6, 6.07) is 2.04. The summed E-state index contributed by atoms with van der Waals surface area (Å²) in [5.74, 6) is 2.58. The highest BCUT2D eigenvalue weighted by molar-refractivity contribution is 5.33. The van der Waals surface area contributed by atoms with Crippen LogP contribution in [0.15, 0.2) is 6.07 Å². The summed E-state index contributed by atoms with van der Waals surface area (Å²) in [6.45, 7) is 8.66. The molecule has 0 saturated carbocycles. The predicted octanol–water partition coefficient (Wildman–Crippen LogP) is 1.14. The molecule has 0 radical (unpaired) electrons. The van der Waals surface area contributed by atoms with Crippen molar-refractivity contribution in [1.82, 2.24) is 15.3 Å². The highest BCUT2D eigenvalue weighted by Gasteiger charge is 2.33. The number of hydrogen-bond acceptors (Lipinski definition) is 4. The Kier molecular flexibility index (Phi) is 2.74. The van der Waals surface area contributed by atoms with E-state index in [1.807, 2.05) is 19.9 Å². The molecule has 2 saturated heterocycles. The lowest BCUT2D eigenvalue weighted by Crippen LogP contribution is -2.41. The van der Waals surface area contributed by atoms with Gasteiger partial charge < -0.3 is 10.2 Å². The third kappa shape index (κ3) is 2.14. The normalized spacial score (nSPS) is 28.2. The summed E-state index contributed by atoms with van der Waals surface area (Å²) in [7, 11) is 0. The molecule has 0 bridgehead atoms. The number of aromatic nitrogens is 2. The van der Waals surface area contributed by atoms with Crippen molar-refractivity contribution in [3.63, 3.8) is 0 Å². The SMILES string of the molecule is Cc1cc(C)nc(N2CCC3CNC[C@@H]3C2)n1. The molecule has 1 unspecified atom stereocenters. The van der Waals surface area contributed by atoms with Crippen molar-refractivity contribution in [3.8, 4) is 0 Å². The fraction of sp³-hybridized carbons (Fsp3) is 0.692. The van der Waals surface area contributed by atoms with E-state index >= 15 is 0 Å². The van der Waals surface area contributed by atoms with Crippen molar-refractivity contribution in [1.29, 1.82) is 0 Å². The molecule has 1 aromatic heterocycles. The molecule has 17 heavy (non-hydrogen) atoms. The molecule has 3 rings (SSSR count). The Hall–Kier alpha value is -1.16. The van der Waals surface area contributed by atoms with Gasteiger partial charge in [0.1, 0.15) is 0 Å². The van der Waals surface area contributed by atoms with Gasteiger partial charge in [0.25, 0.3) is 0 Å². The number of nitrogens with one attached hydrogen (secondary N) is 1. The molecule has 92 valence electrons. The van der Waals surface area contributed by atoms with Gasteiger partial charge in [-0.3, -0.25) is 0 Å². The van der Waals surface area contributed by atoms with Gasteiger partial charge >= 0.3 is 0 Å². The molecule has 0 amide bonds. The Morgan fingerprint density at radius 1 is 1.18 bits per heavy atom. The zero-order valence-corrected chi connectivity index (χ0v) is 10.6. The van der Waals surface area contributed by atoms with Crippen LogP contribution in [0.3, 0.4) is 0 Å². The molecule has 2 atom stereocenters. The van der Waals surface area contributed by atoms with Crippen molar-refractivity contribution < 1.29 is 0 Å². The minimum Gasteiger partial charge on any atom is -0.340 e. The first-order valence-electron chi connectivity index (χ1n) is 6.50. The number of anilines is 1. The maximum absolute atomic E-state index is 4.57. The van der Waals surface area contributed by atoms with Gasteiger partial charge in [-0.1, -0.05) is 0 Å². The molecule has 4 heteroatoms. The molecular weight excluding hydrogens is 212 g/mol. The van der Waals surface area contributed by atoms with Crippen LogP contribution in [-0.4, -0.2) is 36.1 Å². The van der Waals surface area contributed by atoms with Crippen LogP contribution in [0.2, 0.25) is 0 Å². The first-order chi connectivity index (χ1) is 8.22. The quantitative estimate of drug-likeness (QED) is 0.788. The lowest BCUT2D eigenvalue weighted by molar-refractivity contribution is 0.346. The molecule has 1 N–H and O–H groups in total. The molecule has 1 aromatic rings. The van der Waals surface area contributed by atoms with Crippen molar-refractivity contribution in [2.45, 2.75) is 20.3 Å². The van der Waals surface area contributed by atoms with Gasteiger partial charge in [0, 0.05) is 24.5 Å². The summed E-state index contributed by atoms with van der Waals surface area (Å²) < 4.78 is 0. The maximum Gasteiger partial charge on any atom is 0.225 e. The zero-order chi connectivity index (χ0) is 11.8. The highest BCUT2D eigenvalue weighted by atomic mass is 15.3. The summed E-state index contributed by atoms with van der Waals surface area (Å²) in [6.07, 6.45) is 1.27. The van der Waals surface area contributed by atoms with Crippen LogP contribution in [0.4, 0.5) is 5.95 Å². The van der Waals surface area contributed by atoms with E-state index in [4.69, 9.17) is 0 Å². The van der Waals surface area contributed by atoms with Crippen LogP contribution >= 0.6 is 0 Å². The Morgan fingerprint density at radius 3 is 2.65 bits per heavy atom. The van der Waals surface area contributed by atoms with Gasteiger partial charge in [-0.15, -0.1) is 0 Å². The number of fused-ring (bicyclic) bond motifs is 1. The fourth-order valence-corrected chi connectivity index (χ4v) is 3.07. The molecule has 2 fully saturated rings. The van der Waals surface area contributed by atoms with Gasteiger partial charge in [0.2, 0.25) is 5.95 Å². The fourth-order valence-electron chi connectivity index (χ4n) is 3.07. The van der Waals surface area contributed by atoms with Crippen LogP contribution < -0.4 is 10.2 Å². The molecule has 2 aliphatic heterocycles. The summed E-state index contributed by atoms with van der Waals surface area (Å²) >= 11 is 0. The minimum atomic E-state index is 0.785. The Labute approximate surface area is 102 Å². The zero-order valence-electron chi connectivity index (χ0n) is 10.6. The third-order valence-electron chi connectivity index (χ3n) is 3.96. The molecule has 4 nitrogen and oxygen atoms in total. The number of piperidine rings is 1. The monoisotopic (exact) mass is 232 g/mol. The Bertz CT molecular complexity index is 398. The third-order valence-corrected chi connectivity index (χ3v) is 3.96. The number of hydrogen-bond donors (Lipinski definition) is 1. The Morgan fingerprint density at radius 2 is 1.88 bits per heavy atom. The highest BCUT2D eigenvalue weighted by Crippen LogP contribution is 2.28. The first kappa shape index (κ1) is 11.0. The second-order valence-electron chi connectivity index (χ2n) is 5.36. The summed E-state index contributed by atoms with van der Waals surface area (Å²) in [5, 5.41) is 3.49. The standard InChI is InChI=1S/C13H20N4/c1-9-5-10(2)16-13(15-9)17-4-3-11-6-14-7-12(11)8-17/h5,11-12,14H,3-4,6-8H2,1-2H3/t11?,12-/m1/s1. The largest absolute Gasteiger partial charge is 0.340 e. The van der Waals surface area contributed by atoms with Gasteiger partial charge in [0.05, 0.1) is 0 Å². The molecule has 2 aliphatic rings. The van der Waals surface area contributed by atoms with Gasteiger partial charge in [-0.2, -0.15) is 0 Å². The molecule has 0 aromatic carbocycles. The average Bonchev–Trinajstić information content (AvgIpc) is 2.74. The smallest absolute Gasteiger partial charge is 0.225 e. The number of rotatable bonds is 1. The lowest BCUT2D eigenvalue weighted by Gasteiger charge is -2.34. The maximum atomic E-state index is 4.57. The van der Waals surface area contributed by atoms with E-state index in [9.17, 15) is 0 Å². The van der Waals surface area contributed by atoms with E-state index in [0.717, 1.165) is 48.8 Å². The molecule has 0 spiro atoms. The van der Waals surface area contributed by atoms with Crippen molar-refractivity contribution in [2.24, 2.45) is 11.8 Å². The van der Waals surface area contributed by atoms with E-state index in [2.05, 4.69) is 20.2 Å². The van der Waals surface area contributed by atoms with E-state index in [-0.39, 0.29) is 0 Å². The van der Waals surface area contributed by atoms with E-state index in [1.165, 1.54) is 13.0 Å².